The molecule has 1 N–H and O–H groups in total. The zero-order valence-electron chi connectivity index (χ0n) is 12.0. The number of hydrogen-bond acceptors (Lipinski definition) is 5. The Labute approximate surface area is 122 Å². The van der Waals surface area contributed by atoms with Crippen molar-refractivity contribution in [2.24, 2.45) is 5.10 Å². The van der Waals surface area contributed by atoms with Gasteiger partial charge in [0.15, 0.2) is 0 Å². The van der Waals surface area contributed by atoms with E-state index < -0.39 is 0 Å². The number of imidazole rings is 1. The highest BCUT2D eigenvalue weighted by molar-refractivity contribution is 5.76. The van der Waals surface area contributed by atoms with Crippen LogP contribution in [0, 0.1) is 6.92 Å². The lowest BCUT2D eigenvalue weighted by Gasteiger charge is -2.09. The van der Waals surface area contributed by atoms with Crippen molar-refractivity contribution in [1.29, 1.82) is 0 Å². The zero-order chi connectivity index (χ0) is 15.2. The van der Waals surface area contributed by atoms with Crippen LogP contribution in [0.2, 0.25) is 0 Å². The average molecular weight is 287 g/mol. The van der Waals surface area contributed by atoms with E-state index in [9.17, 15) is 4.79 Å². The predicted octanol–water partition coefficient (Wildman–Crippen LogP) is 1.25. The van der Waals surface area contributed by atoms with E-state index in [4.69, 9.17) is 4.74 Å². The van der Waals surface area contributed by atoms with E-state index in [-0.39, 0.29) is 5.91 Å². The van der Waals surface area contributed by atoms with Gasteiger partial charge in [0.25, 0.3) is 0 Å². The van der Waals surface area contributed by atoms with Gasteiger partial charge in [-0.05, 0) is 25.5 Å². The van der Waals surface area contributed by atoms with Crippen molar-refractivity contribution in [2.75, 3.05) is 7.11 Å². The number of carbonyl (C=O) groups is 1. The summed E-state index contributed by atoms with van der Waals surface area (Å²) < 4.78 is 7.16. The van der Waals surface area contributed by atoms with Gasteiger partial charge in [-0.15, -0.1) is 0 Å². The molecule has 0 unspecified atom stereocenters. The molecule has 2 aromatic heterocycles. The van der Waals surface area contributed by atoms with Crippen molar-refractivity contribution in [2.45, 2.75) is 19.8 Å². The minimum atomic E-state index is -0.194. The summed E-state index contributed by atoms with van der Waals surface area (Å²) in [5, 5.41) is 3.33. The summed E-state index contributed by atoms with van der Waals surface area (Å²) in [5.74, 6) is 0.298. The van der Waals surface area contributed by atoms with Gasteiger partial charge in [-0.3, -0.25) is 4.79 Å². The van der Waals surface area contributed by atoms with Crippen LogP contribution in [-0.2, 0) is 11.2 Å². The number of rotatable bonds is 6. The normalized spacial score (nSPS) is 10.2. The van der Waals surface area contributed by atoms with Gasteiger partial charge in [-0.1, -0.05) is 0 Å². The Hall–Kier alpha value is -2.70. The van der Waals surface area contributed by atoms with Gasteiger partial charge in [0, 0.05) is 25.0 Å². The summed E-state index contributed by atoms with van der Waals surface area (Å²) >= 11 is 0. The first kappa shape index (κ1) is 14.7. The van der Waals surface area contributed by atoms with Crippen molar-refractivity contribution in [1.82, 2.24) is 20.0 Å². The molecule has 21 heavy (non-hydrogen) atoms. The van der Waals surface area contributed by atoms with Gasteiger partial charge in [0.2, 0.25) is 11.8 Å². The molecular formula is C14H17N5O2. The molecule has 0 aliphatic heterocycles. The number of carbonyl (C=O) groups excluding carboxylic acids is 1. The van der Waals surface area contributed by atoms with E-state index in [0.717, 1.165) is 17.1 Å². The fourth-order valence-corrected chi connectivity index (χ4v) is 1.90. The van der Waals surface area contributed by atoms with E-state index in [2.05, 4.69) is 27.2 Å². The highest BCUT2D eigenvalue weighted by Crippen LogP contribution is 2.21. The van der Waals surface area contributed by atoms with Crippen LogP contribution >= 0.6 is 0 Å². The third-order valence-electron chi connectivity index (χ3n) is 2.89. The first-order chi connectivity index (χ1) is 10.1. The maximum Gasteiger partial charge on any atom is 0.240 e. The van der Waals surface area contributed by atoms with Crippen molar-refractivity contribution >= 4 is 12.6 Å². The molecule has 2 rings (SSSR count). The maximum absolute atomic E-state index is 11.3. The van der Waals surface area contributed by atoms with E-state index in [1.807, 2.05) is 29.8 Å². The van der Waals surface area contributed by atoms with E-state index >= 15 is 0 Å². The van der Waals surface area contributed by atoms with Crippen LogP contribution in [0.15, 0.2) is 29.8 Å². The number of pyridine rings is 1. The van der Waals surface area contributed by atoms with Crippen molar-refractivity contribution in [3.05, 3.63) is 36.0 Å². The SMILES string of the molecule is C=NNC(=O)CCc1ccc(-n2cnc(C)c2)c(OC)n1. The van der Waals surface area contributed by atoms with Crippen LogP contribution in [0.5, 0.6) is 5.88 Å². The Morgan fingerprint density at radius 1 is 1.52 bits per heavy atom. The van der Waals surface area contributed by atoms with Gasteiger partial charge < -0.3 is 9.30 Å². The first-order valence-electron chi connectivity index (χ1n) is 6.43. The number of ether oxygens (including phenoxy) is 1. The summed E-state index contributed by atoms with van der Waals surface area (Å²) in [6.07, 6.45) is 4.39. The summed E-state index contributed by atoms with van der Waals surface area (Å²) in [7, 11) is 1.56. The minimum absolute atomic E-state index is 0.194. The third-order valence-corrected chi connectivity index (χ3v) is 2.89. The summed E-state index contributed by atoms with van der Waals surface area (Å²) in [6.45, 7) is 5.12. The molecule has 0 aromatic carbocycles. The van der Waals surface area contributed by atoms with Crippen LogP contribution in [0.25, 0.3) is 5.69 Å². The lowest BCUT2D eigenvalue weighted by atomic mass is 10.2. The Balaban J connectivity index is 2.16. The number of nitrogens with one attached hydrogen (secondary N) is 1. The molecule has 0 bridgehead atoms. The van der Waals surface area contributed by atoms with Crippen LogP contribution in [0.3, 0.4) is 0 Å². The highest BCUT2D eigenvalue weighted by atomic mass is 16.5. The molecule has 0 aliphatic rings. The van der Waals surface area contributed by atoms with E-state index in [1.54, 1.807) is 13.4 Å². The zero-order valence-corrected chi connectivity index (χ0v) is 12.0. The minimum Gasteiger partial charge on any atom is -0.479 e. The second kappa shape index (κ2) is 6.65. The highest BCUT2D eigenvalue weighted by Gasteiger charge is 2.10. The quantitative estimate of drug-likeness (QED) is 0.640. The van der Waals surface area contributed by atoms with Gasteiger partial charge in [0.05, 0.1) is 19.1 Å². The molecule has 0 saturated carbocycles. The molecular weight excluding hydrogens is 270 g/mol. The van der Waals surface area contributed by atoms with Gasteiger partial charge in [-0.2, -0.15) is 5.10 Å². The monoisotopic (exact) mass is 287 g/mol. The lowest BCUT2D eigenvalue weighted by Crippen LogP contribution is -2.17. The Morgan fingerprint density at radius 3 is 2.95 bits per heavy atom. The molecule has 110 valence electrons. The number of aryl methyl sites for hydroxylation is 2. The Bertz CT molecular complexity index is 651. The molecule has 7 heteroatoms. The van der Waals surface area contributed by atoms with Crippen LogP contribution in [-0.4, -0.2) is 34.3 Å². The van der Waals surface area contributed by atoms with Crippen LogP contribution < -0.4 is 10.2 Å². The molecule has 2 heterocycles. The van der Waals surface area contributed by atoms with Crippen LogP contribution in [0.4, 0.5) is 0 Å². The van der Waals surface area contributed by atoms with Crippen molar-refractivity contribution in [3.8, 4) is 11.6 Å². The number of aromatic nitrogens is 3. The fourth-order valence-electron chi connectivity index (χ4n) is 1.90. The molecule has 0 atom stereocenters. The number of amides is 1. The Kier molecular flexibility index (Phi) is 4.65. The molecule has 0 aliphatic carbocycles. The van der Waals surface area contributed by atoms with Gasteiger partial charge in [-0.25, -0.2) is 15.4 Å². The molecule has 2 aromatic rings. The maximum atomic E-state index is 11.3. The number of hydrazone groups is 1. The second-order valence-corrected chi connectivity index (χ2v) is 4.45. The number of hydrogen-bond donors (Lipinski definition) is 1. The molecule has 1 amide bonds. The molecule has 0 spiro atoms. The number of methoxy groups -OCH3 is 1. The van der Waals surface area contributed by atoms with Crippen molar-refractivity contribution < 1.29 is 9.53 Å². The largest absolute Gasteiger partial charge is 0.479 e. The summed E-state index contributed by atoms with van der Waals surface area (Å²) in [4.78, 5) is 19.9. The van der Waals surface area contributed by atoms with Crippen molar-refractivity contribution in [3.63, 3.8) is 0 Å². The molecule has 0 radical (unpaired) electrons. The average Bonchev–Trinajstić information content (AvgIpc) is 2.91. The Morgan fingerprint density at radius 2 is 2.33 bits per heavy atom. The van der Waals surface area contributed by atoms with Crippen LogP contribution in [0.1, 0.15) is 17.8 Å². The molecule has 7 nitrogen and oxygen atoms in total. The predicted molar refractivity (Wildman–Crippen MR) is 78.7 cm³/mol. The second-order valence-electron chi connectivity index (χ2n) is 4.45. The molecule has 0 fully saturated rings. The third kappa shape index (κ3) is 3.65. The van der Waals surface area contributed by atoms with E-state index in [1.165, 1.54) is 0 Å². The van der Waals surface area contributed by atoms with Gasteiger partial charge in [0.1, 0.15) is 5.69 Å². The van der Waals surface area contributed by atoms with Gasteiger partial charge >= 0.3 is 0 Å². The smallest absolute Gasteiger partial charge is 0.240 e. The fraction of sp³-hybridized carbons (Fsp3) is 0.286. The molecule has 0 saturated heterocycles. The topological polar surface area (TPSA) is 81.4 Å². The summed E-state index contributed by atoms with van der Waals surface area (Å²) in [6, 6.07) is 3.76. The first-order valence-corrected chi connectivity index (χ1v) is 6.43. The lowest BCUT2D eigenvalue weighted by molar-refractivity contribution is -0.121. The standard InChI is InChI=1S/C14H17N5O2/c1-10-8-19(9-16-10)12-6-4-11(17-14(12)21-3)5-7-13(20)18-15-2/h4,6,8-9H,2,5,7H2,1,3H3,(H,18,20). The van der Waals surface area contributed by atoms with E-state index in [0.29, 0.717) is 18.7 Å². The summed E-state index contributed by atoms with van der Waals surface area (Å²) in [5.41, 5.74) is 4.77. The number of nitrogens with zero attached hydrogens (tertiary/aromatic N) is 4.